The molecule has 2 fully saturated rings. The summed E-state index contributed by atoms with van der Waals surface area (Å²) in [5.41, 5.74) is 1.69. The monoisotopic (exact) mass is 423 g/mol. The highest BCUT2D eigenvalue weighted by Gasteiger charge is 2.43. The Morgan fingerprint density at radius 3 is 2.60 bits per heavy atom. The number of nitrogens with one attached hydrogen (secondary N) is 1. The molecule has 2 N–H and O–H groups in total. The van der Waals surface area contributed by atoms with E-state index in [1.807, 2.05) is 49.6 Å². The fraction of sp³-hybridized carbons (Fsp3) is 0.409. The van der Waals surface area contributed by atoms with Gasteiger partial charge in [-0.05, 0) is 36.8 Å². The maximum atomic E-state index is 12.6. The van der Waals surface area contributed by atoms with Gasteiger partial charge in [-0.3, -0.25) is 4.79 Å². The minimum atomic E-state index is -0.523. The highest BCUT2D eigenvalue weighted by atomic mass is 32.1. The molecule has 5 rings (SSSR count). The van der Waals surface area contributed by atoms with E-state index in [9.17, 15) is 9.90 Å². The first-order chi connectivity index (χ1) is 14.6. The summed E-state index contributed by atoms with van der Waals surface area (Å²) in [6.45, 7) is 1.76. The van der Waals surface area contributed by atoms with E-state index in [4.69, 9.17) is 0 Å². The van der Waals surface area contributed by atoms with Crippen LogP contribution in [0, 0.1) is 11.8 Å². The number of anilines is 1. The van der Waals surface area contributed by atoms with Crippen molar-refractivity contribution >= 4 is 22.4 Å². The number of amides is 1. The highest BCUT2D eigenvalue weighted by molar-refractivity contribution is 7.18. The number of aliphatic hydroxyl groups is 1. The van der Waals surface area contributed by atoms with Gasteiger partial charge in [0.05, 0.1) is 12.1 Å². The maximum Gasteiger partial charge on any atom is 0.268 e. The van der Waals surface area contributed by atoms with Gasteiger partial charge in [0.1, 0.15) is 10.7 Å². The van der Waals surface area contributed by atoms with E-state index in [1.165, 1.54) is 0 Å². The molecule has 0 spiro atoms. The molecule has 1 saturated heterocycles. The molecule has 3 aromatic rings. The van der Waals surface area contributed by atoms with Gasteiger partial charge < -0.3 is 19.9 Å². The molecule has 1 aliphatic heterocycles. The molecule has 1 amide bonds. The molecule has 8 heteroatoms. The molecule has 1 aromatic carbocycles. The summed E-state index contributed by atoms with van der Waals surface area (Å²) >= 11 is 1.61. The van der Waals surface area contributed by atoms with Crippen LogP contribution in [0.3, 0.4) is 0 Å². The number of aryl methyl sites for hydroxylation is 1. The zero-order valence-electron chi connectivity index (χ0n) is 16.8. The third kappa shape index (κ3) is 3.61. The number of aromatic nitrogens is 3. The van der Waals surface area contributed by atoms with Crippen molar-refractivity contribution < 1.29 is 9.90 Å². The second-order valence-electron chi connectivity index (χ2n) is 8.30. The summed E-state index contributed by atoms with van der Waals surface area (Å²) in [6, 6.07) is 13.5. The van der Waals surface area contributed by atoms with Crippen LogP contribution in [0.15, 0.2) is 48.7 Å². The minimum Gasteiger partial charge on any atom is -0.391 e. The molecule has 1 saturated carbocycles. The van der Waals surface area contributed by atoms with E-state index < -0.39 is 6.10 Å². The Morgan fingerprint density at radius 1 is 1.10 bits per heavy atom. The molecule has 30 heavy (non-hydrogen) atoms. The van der Waals surface area contributed by atoms with Crippen molar-refractivity contribution in [3.8, 4) is 10.6 Å². The predicted octanol–water partition coefficient (Wildman–Crippen LogP) is 2.55. The zero-order chi connectivity index (χ0) is 20.7. The van der Waals surface area contributed by atoms with Crippen LogP contribution in [0.1, 0.15) is 23.3 Å². The second-order valence-corrected chi connectivity index (χ2v) is 9.26. The van der Waals surface area contributed by atoms with Gasteiger partial charge in [0.25, 0.3) is 5.91 Å². The predicted molar refractivity (Wildman–Crippen MR) is 116 cm³/mol. The van der Waals surface area contributed by atoms with Gasteiger partial charge in [0, 0.05) is 31.9 Å². The van der Waals surface area contributed by atoms with Gasteiger partial charge in [-0.15, -0.1) is 10.2 Å². The number of carbonyl (C=O) groups is 1. The average molecular weight is 424 g/mol. The van der Waals surface area contributed by atoms with Gasteiger partial charge in [-0.2, -0.15) is 0 Å². The van der Waals surface area contributed by atoms with Crippen molar-refractivity contribution in [1.82, 2.24) is 20.1 Å². The van der Waals surface area contributed by atoms with Gasteiger partial charge in [0.2, 0.25) is 5.13 Å². The van der Waals surface area contributed by atoms with E-state index in [-0.39, 0.29) is 11.9 Å². The number of hydrogen-bond donors (Lipinski definition) is 2. The van der Waals surface area contributed by atoms with Crippen molar-refractivity contribution in [1.29, 1.82) is 0 Å². The Labute approximate surface area is 179 Å². The molecular weight excluding hydrogens is 398 g/mol. The Morgan fingerprint density at radius 2 is 1.87 bits per heavy atom. The third-order valence-corrected chi connectivity index (χ3v) is 7.37. The van der Waals surface area contributed by atoms with Crippen molar-refractivity contribution in [3.63, 3.8) is 0 Å². The summed E-state index contributed by atoms with van der Waals surface area (Å²) < 4.78 is 1.80. The molecule has 7 nitrogen and oxygen atoms in total. The molecule has 0 bridgehead atoms. The SMILES string of the molecule is Cn1cccc1C(=O)N[C@H]1C[C@H]2CN(c3nnc(-c4ccccc4)s3)C[C@H]2C[C@@H]1O. The first-order valence-corrected chi connectivity index (χ1v) is 11.1. The molecule has 2 aliphatic rings. The maximum absolute atomic E-state index is 12.6. The molecule has 0 radical (unpaired) electrons. The molecule has 1 aliphatic carbocycles. The number of carbonyl (C=O) groups excluding carboxylic acids is 1. The third-order valence-electron chi connectivity index (χ3n) is 6.34. The van der Waals surface area contributed by atoms with Crippen LogP contribution >= 0.6 is 11.3 Å². The molecule has 2 aromatic heterocycles. The number of aliphatic hydroxyl groups excluding tert-OH is 1. The van der Waals surface area contributed by atoms with Crippen LogP contribution in [0.25, 0.3) is 10.6 Å². The van der Waals surface area contributed by atoms with E-state index in [0.717, 1.165) is 35.2 Å². The van der Waals surface area contributed by atoms with Gasteiger partial charge >= 0.3 is 0 Å². The summed E-state index contributed by atoms with van der Waals surface area (Å²) in [7, 11) is 1.85. The zero-order valence-corrected chi connectivity index (χ0v) is 17.6. The van der Waals surface area contributed by atoms with E-state index in [1.54, 1.807) is 22.0 Å². The Balaban J connectivity index is 1.25. The number of hydrogen-bond acceptors (Lipinski definition) is 6. The van der Waals surface area contributed by atoms with E-state index in [0.29, 0.717) is 24.0 Å². The number of benzene rings is 1. The smallest absolute Gasteiger partial charge is 0.268 e. The molecule has 3 heterocycles. The summed E-state index contributed by atoms with van der Waals surface area (Å²) in [5, 5.41) is 24.4. The van der Waals surface area contributed by atoms with Gasteiger partial charge in [-0.25, -0.2) is 0 Å². The largest absolute Gasteiger partial charge is 0.391 e. The van der Waals surface area contributed by atoms with Crippen LogP contribution in [-0.4, -0.2) is 51.0 Å². The number of rotatable bonds is 4. The van der Waals surface area contributed by atoms with Crippen molar-refractivity contribution in [3.05, 3.63) is 54.4 Å². The fourth-order valence-corrected chi connectivity index (χ4v) is 5.59. The molecule has 0 unspecified atom stereocenters. The normalized spacial score (nSPS) is 25.9. The summed E-state index contributed by atoms with van der Waals surface area (Å²) in [5.74, 6) is 0.708. The molecule has 156 valence electrons. The van der Waals surface area contributed by atoms with E-state index in [2.05, 4.69) is 20.4 Å². The van der Waals surface area contributed by atoms with Crippen molar-refractivity contribution in [2.75, 3.05) is 18.0 Å². The standard InChI is InChI=1S/C22H25N5O2S/c1-26-9-5-8-18(26)20(29)23-17-10-15-12-27(13-16(15)11-19(17)28)22-25-24-21(30-22)14-6-3-2-4-7-14/h2-9,15-17,19,28H,10-13H2,1H3,(H,23,29)/t15-,16+,17-,19-/m0/s1. The lowest BCUT2D eigenvalue weighted by atomic mass is 9.77. The van der Waals surface area contributed by atoms with Gasteiger partial charge in [0.15, 0.2) is 0 Å². The average Bonchev–Trinajstić information content (AvgIpc) is 3.48. The summed E-state index contributed by atoms with van der Waals surface area (Å²) in [4.78, 5) is 14.9. The van der Waals surface area contributed by atoms with Gasteiger partial charge in [-0.1, -0.05) is 41.7 Å². The lowest BCUT2D eigenvalue weighted by molar-refractivity contribution is 0.0459. The first-order valence-electron chi connectivity index (χ1n) is 10.3. The van der Waals surface area contributed by atoms with Crippen molar-refractivity contribution in [2.45, 2.75) is 25.0 Å². The van der Waals surface area contributed by atoms with Crippen LogP contribution in [0.5, 0.6) is 0 Å². The van der Waals surface area contributed by atoms with E-state index >= 15 is 0 Å². The number of nitrogens with zero attached hydrogens (tertiary/aromatic N) is 4. The Bertz CT molecular complexity index is 1030. The second kappa shape index (κ2) is 7.85. The lowest BCUT2D eigenvalue weighted by Gasteiger charge is -2.35. The molecule has 4 atom stereocenters. The lowest BCUT2D eigenvalue weighted by Crippen LogP contribution is -2.49. The van der Waals surface area contributed by atoms with Crippen LogP contribution < -0.4 is 10.2 Å². The topological polar surface area (TPSA) is 83.3 Å². The minimum absolute atomic E-state index is 0.128. The fourth-order valence-electron chi connectivity index (χ4n) is 4.72. The highest BCUT2D eigenvalue weighted by Crippen LogP contribution is 2.40. The van der Waals surface area contributed by atoms with Crippen molar-refractivity contribution in [2.24, 2.45) is 18.9 Å². The van der Waals surface area contributed by atoms with Crippen LogP contribution in [0.4, 0.5) is 5.13 Å². The summed E-state index contributed by atoms with van der Waals surface area (Å²) in [6.07, 6.45) is 2.81. The Hall–Kier alpha value is -2.71. The Kier molecular flexibility index (Phi) is 5.04. The van der Waals surface area contributed by atoms with Crippen LogP contribution in [-0.2, 0) is 7.05 Å². The van der Waals surface area contributed by atoms with Crippen LogP contribution in [0.2, 0.25) is 0 Å². The quantitative estimate of drug-likeness (QED) is 0.674. The first kappa shape index (κ1) is 19.3. The molecular formula is C22H25N5O2S. The number of fused-ring (bicyclic) bond motifs is 1.